The zero-order valence-electron chi connectivity index (χ0n) is 14.7. The number of hydrogen-bond acceptors (Lipinski definition) is 7. The van der Waals surface area contributed by atoms with Gasteiger partial charge in [0.15, 0.2) is 0 Å². The number of hydrogen-bond donors (Lipinski definition) is 5. The van der Waals surface area contributed by atoms with Gasteiger partial charge in [0.2, 0.25) is 10.9 Å². The number of nitrogens with zero attached hydrogens (tertiary/aromatic N) is 1. The van der Waals surface area contributed by atoms with E-state index in [-0.39, 0.29) is 38.4 Å². The average molecular weight is 370 g/mol. The SMILES string of the molecule is CNCCNC(=O)c1ccc(=O)c2nc3c(=CO)c(O)c(C)c(=O)c3[nH]c12. The summed E-state index contributed by atoms with van der Waals surface area (Å²) in [7, 11) is 1.75. The maximum atomic E-state index is 12.5. The molecule has 0 aliphatic carbocycles. The maximum Gasteiger partial charge on any atom is 0.253 e. The quantitative estimate of drug-likeness (QED) is 0.305. The van der Waals surface area contributed by atoms with E-state index >= 15 is 0 Å². The third-order valence-corrected chi connectivity index (χ3v) is 4.32. The first-order valence-electron chi connectivity index (χ1n) is 8.20. The molecule has 27 heavy (non-hydrogen) atoms. The number of fused-ring (bicyclic) bond motifs is 2. The Morgan fingerprint density at radius 1 is 1.22 bits per heavy atom. The molecule has 0 spiro atoms. The molecule has 1 aromatic heterocycles. The molecule has 1 amide bonds. The van der Waals surface area contributed by atoms with Crippen molar-refractivity contribution in [3.8, 4) is 5.75 Å². The van der Waals surface area contributed by atoms with E-state index in [0.29, 0.717) is 19.4 Å². The molecule has 0 saturated carbocycles. The van der Waals surface area contributed by atoms with Crippen LogP contribution in [0.15, 0.2) is 21.7 Å². The van der Waals surface area contributed by atoms with Crippen molar-refractivity contribution >= 4 is 34.2 Å². The molecular formula is C18H18N4O5. The van der Waals surface area contributed by atoms with E-state index in [2.05, 4.69) is 20.6 Å². The molecule has 0 fully saturated rings. The molecule has 1 heterocycles. The number of aromatic hydroxyl groups is 1. The summed E-state index contributed by atoms with van der Waals surface area (Å²) >= 11 is 0. The van der Waals surface area contributed by atoms with Crippen molar-refractivity contribution in [2.45, 2.75) is 6.92 Å². The van der Waals surface area contributed by atoms with Crippen molar-refractivity contribution in [2.24, 2.45) is 0 Å². The van der Waals surface area contributed by atoms with Crippen molar-refractivity contribution in [1.29, 1.82) is 0 Å². The molecule has 9 nitrogen and oxygen atoms in total. The summed E-state index contributed by atoms with van der Waals surface area (Å²) < 4.78 is 0. The van der Waals surface area contributed by atoms with Crippen molar-refractivity contribution in [1.82, 2.24) is 20.6 Å². The van der Waals surface area contributed by atoms with Crippen molar-refractivity contribution < 1.29 is 15.0 Å². The van der Waals surface area contributed by atoms with Crippen LogP contribution in [0.3, 0.4) is 0 Å². The fourth-order valence-electron chi connectivity index (χ4n) is 2.84. The lowest BCUT2D eigenvalue weighted by atomic mass is 10.1. The highest BCUT2D eigenvalue weighted by Gasteiger charge is 2.18. The largest absolute Gasteiger partial charge is 0.515 e. The average Bonchev–Trinajstić information content (AvgIpc) is 2.66. The fraction of sp³-hybridized carbons (Fsp3) is 0.222. The van der Waals surface area contributed by atoms with Crippen LogP contribution in [0.25, 0.3) is 28.3 Å². The van der Waals surface area contributed by atoms with Crippen molar-refractivity contribution in [3.63, 3.8) is 0 Å². The summed E-state index contributed by atoms with van der Waals surface area (Å²) in [6.07, 6.45) is 0.621. The van der Waals surface area contributed by atoms with Crippen molar-refractivity contribution in [2.75, 3.05) is 20.1 Å². The Bertz CT molecular complexity index is 1230. The molecule has 3 rings (SSSR count). The molecule has 5 N–H and O–H groups in total. The topological polar surface area (TPSA) is 144 Å². The predicted molar refractivity (Wildman–Crippen MR) is 101 cm³/mol. The van der Waals surface area contributed by atoms with Crippen LogP contribution in [0.4, 0.5) is 0 Å². The monoisotopic (exact) mass is 370 g/mol. The summed E-state index contributed by atoms with van der Waals surface area (Å²) in [6.45, 7) is 2.34. The van der Waals surface area contributed by atoms with Crippen LogP contribution in [0.5, 0.6) is 5.75 Å². The molecule has 3 aromatic rings. The minimum Gasteiger partial charge on any atom is -0.515 e. The first-order chi connectivity index (χ1) is 12.9. The number of phenols is 1. The van der Waals surface area contributed by atoms with Crippen molar-refractivity contribution in [3.05, 3.63) is 48.9 Å². The smallest absolute Gasteiger partial charge is 0.253 e. The van der Waals surface area contributed by atoms with Gasteiger partial charge in [0.05, 0.1) is 22.6 Å². The number of nitrogens with one attached hydrogen (secondary N) is 3. The van der Waals surface area contributed by atoms with E-state index in [1.54, 1.807) is 7.05 Å². The molecule has 0 radical (unpaired) electrons. The normalized spacial score (nSPS) is 12.0. The number of amides is 1. The van der Waals surface area contributed by atoms with Crippen LogP contribution >= 0.6 is 0 Å². The number of carbonyl (C=O) groups is 1. The van der Waals surface area contributed by atoms with E-state index in [9.17, 15) is 24.6 Å². The third kappa shape index (κ3) is 2.97. The number of rotatable bonds is 4. The van der Waals surface area contributed by atoms with E-state index < -0.39 is 22.5 Å². The number of H-pyrrole nitrogens is 1. The highest BCUT2D eigenvalue weighted by Crippen LogP contribution is 2.17. The Balaban J connectivity index is 2.38. The molecular weight excluding hydrogens is 352 g/mol. The van der Waals surface area contributed by atoms with E-state index in [4.69, 9.17) is 0 Å². The molecule has 0 saturated heterocycles. The van der Waals surface area contributed by atoms with Gasteiger partial charge in [0.25, 0.3) is 5.91 Å². The number of aromatic amines is 1. The Labute approximate surface area is 152 Å². The molecule has 2 aromatic carbocycles. The second-order valence-electron chi connectivity index (χ2n) is 6.00. The van der Waals surface area contributed by atoms with Crippen LogP contribution in [0.2, 0.25) is 0 Å². The zero-order valence-corrected chi connectivity index (χ0v) is 14.7. The van der Waals surface area contributed by atoms with Gasteiger partial charge in [-0.15, -0.1) is 0 Å². The first kappa shape index (κ1) is 18.3. The number of phenolic OH excluding ortho intramolecular Hbond substituents is 1. The molecule has 0 bridgehead atoms. The second kappa shape index (κ2) is 7.04. The van der Waals surface area contributed by atoms with E-state index in [0.717, 1.165) is 0 Å². The number of carbonyl (C=O) groups excluding carboxylic acids is 1. The number of aromatic nitrogens is 2. The molecule has 9 heteroatoms. The first-order valence-corrected chi connectivity index (χ1v) is 8.20. The lowest BCUT2D eigenvalue weighted by molar-refractivity contribution is 0.0955. The number of likely N-dealkylation sites (N-methyl/N-ethyl adjacent to an activating group) is 1. The third-order valence-electron chi connectivity index (χ3n) is 4.32. The van der Waals surface area contributed by atoms with Gasteiger partial charge in [-0.1, -0.05) is 0 Å². The molecule has 0 aliphatic heterocycles. The number of benzene rings is 2. The van der Waals surface area contributed by atoms with Crippen LogP contribution < -0.4 is 26.7 Å². The fourth-order valence-corrected chi connectivity index (χ4v) is 2.84. The minimum atomic E-state index is -0.541. The zero-order chi connectivity index (χ0) is 19.7. The standard InChI is InChI=1S/C18H18N4O5/c1-8-16(25)10(7-23)13-15(17(8)26)22-12-9(18(27)20-6-5-19-2)3-4-11(24)14(12)21-13/h3-4,7,19,22-23,25H,5-6H2,1-2H3,(H,20,27). The summed E-state index contributed by atoms with van der Waals surface area (Å²) in [5.41, 5.74) is -0.867. The summed E-state index contributed by atoms with van der Waals surface area (Å²) in [5.74, 6) is -0.840. The van der Waals surface area contributed by atoms with Crippen LogP contribution in [0.1, 0.15) is 15.9 Å². The predicted octanol–water partition coefficient (Wildman–Crippen LogP) is -0.585. The highest BCUT2D eigenvalue weighted by molar-refractivity contribution is 6.06. The number of aliphatic hydroxyl groups is 1. The van der Waals surface area contributed by atoms with Crippen LogP contribution in [0, 0.1) is 6.92 Å². The Hall–Kier alpha value is -3.46. The molecule has 0 aliphatic rings. The van der Waals surface area contributed by atoms with Gasteiger partial charge >= 0.3 is 0 Å². The Morgan fingerprint density at radius 2 is 1.96 bits per heavy atom. The summed E-state index contributed by atoms with van der Waals surface area (Å²) in [5, 5.41) is 25.1. The maximum absolute atomic E-state index is 12.5. The van der Waals surface area contributed by atoms with Crippen LogP contribution in [-0.4, -0.2) is 46.2 Å². The summed E-state index contributed by atoms with van der Waals surface area (Å²) in [4.78, 5) is 44.2. The van der Waals surface area contributed by atoms with Gasteiger partial charge in [0, 0.05) is 18.7 Å². The lowest BCUT2D eigenvalue weighted by Gasteiger charge is -2.10. The highest BCUT2D eigenvalue weighted by atomic mass is 16.3. The van der Waals surface area contributed by atoms with Gasteiger partial charge in [-0.3, -0.25) is 14.4 Å². The summed E-state index contributed by atoms with van der Waals surface area (Å²) in [6, 6.07) is 2.57. The van der Waals surface area contributed by atoms with Gasteiger partial charge < -0.3 is 25.8 Å². The minimum absolute atomic E-state index is 0.0125. The van der Waals surface area contributed by atoms with Gasteiger partial charge in [-0.05, 0) is 26.1 Å². The van der Waals surface area contributed by atoms with E-state index in [1.807, 2.05) is 0 Å². The van der Waals surface area contributed by atoms with Gasteiger partial charge in [0.1, 0.15) is 22.3 Å². The lowest BCUT2D eigenvalue weighted by Crippen LogP contribution is -2.31. The molecule has 140 valence electrons. The molecule has 0 unspecified atom stereocenters. The Morgan fingerprint density at radius 3 is 2.63 bits per heavy atom. The second-order valence-corrected chi connectivity index (χ2v) is 6.00. The van der Waals surface area contributed by atoms with Gasteiger partial charge in [-0.25, -0.2) is 4.98 Å². The van der Waals surface area contributed by atoms with E-state index in [1.165, 1.54) is 19.1 Å². The van der Waals surface area contributed by atoms with Crippen LogP contribution in [-0.2, 0) is 0 Å². The number of aliphatic hydroxyl groups excluding tert-OH is 1. The Kier molecular flexibility index (Phi) is 4.78. The van der Waals surface area contributed by atoms with Gasteiger partial charge in [-0.2, -0.15) is 0 Å². The molecule has 0 atom stereocenters.